The summed E-state index contributed by atoms with van der Waals surface area (Å²) in [5.74, 6) is 0.426. The van der Waals surface area contributed by atoms with Crippen LogP contribution in [0.2, 0.25) is 0 Å². The maximum Gasteiger partial charge on any atom is 0.256 e. The molecule has 1 aromatic carbocycles. The number of rotatable bonds is 6. The van der Waals surface area contributed by atoms with E-state index in [0.717, 1.165) is 30.2 Å². The number of hydrogen-bond acceptors (Lipinski definition) is 5. The largest absolute Gasteiger partial charge is 0.378 e. The zero-order valence-electron chi connectivity index (χ0n) is 16.0. The van der Waals surface area contributed by atoms with Gasteiger partial charge < -0.3 is 10.6 Å². The summed E-state index contributed by atoms with van der Waals surface area (Å²) in [6.07, 6.45) is 1.07. The summed E-state index contributed by atoms with van der Waals surface area (Å²) in [5, 5.41) is 7.04. The number of carbonyl (C=O) groups excluding carboxylic acids is 1. The Balaban J connectivity index is 1.68. The van der Waals surface area contributed by atoms with Crippen molar-refractivity contribution in [1.29, 1.82) is 0 Å². The lowest BCUT2D eigenvalue weighted by molar-refractivity contribution is 0.0904. The Kier molecular flexibility index (Phi) is 5.94. The minimum atomic E-state index is -0.0383. The summed E-state index contributed by atoms with van der Waals surface area (Å²) in [7, 11) is 1.83. The molecule has 1 atom stereocenters. The summed E-state index contributed by atoms with van der Waals surface area (Å²) in [6, 6.07) is 8.99. The third kappa shape index (κ3) is 3.91. The van der Waals surface area contributed by atoms with E-state index in [9.17, 15) is 4.79 Å². The van der Waals surface area contributed by atoms with E-state index >= 15 is 0 Å². The van der Waals surface area contributed by atoms with Gasteiger partial charge in [-0.2, -0.15) is 4.37 Å². The molecule has 1 aliphatic rings. The van der Waals surface area contributed by atoms with Crippen molar-refractivity contribution in [2.45, 2.75) is 39.8 Å². The van der Waals surface area contributed by atoms with E-state index in [1.165, 1.54) is 22.7 Å². The summed E-state index contributed by atoms with van der Waals surface area (Å²) >= 11 is 1.33. The van der Waals surface area contributed by atoms with Crippen molar-refractivity contribution < 1.29 is 4.79 Å². The van der Waals surface area contributed by atoms with Crippen LogP contribution in [0.3, 0.4) is 0 Å². The SMILES string of the molecule is CNc1snc(C)c1C(=O)NC[C@H](C(C)C)N1CCc2ccccc2C1. The number of fused-ring (bicyclic) bond motifs is 1. The third-order valence-electron chi connectivity index (χ3n) is 5.19. The molecule has 1 aromatic heterocycles. The van der Waals surface area contributed by atoms with Crippen LogP contribution in [0.5, 0.6) is 0 Å². The fourth-order valence-electron chi connectivity index (χ4n) is 3.68. The van der Waals surface area contributed by atoms with Gasteiger partial charge in [-0.3, -0.25) is 9.69 Å². The van der Waals surface area contributed by atoms with E-state index in [-0.39, 0.29) is 5.91 Å². The molecule has 0 saturated heterocycles. The van der Waals surface area contributed by atoms with Gasteiger partial charge in [0, 0.05) is 32.7 Å². The molecule has 2 N–H and O–H groups in total. The van der Waals surface area contributed by atoms with Gasteiger partial charge in [-0.05, 0) is 41.9 Å². The van der Waals surface area contributed by atoms with Crippen LogP contribution in [0.25, 0.3) is 0 Å². The van der Waals surface area contributed by atoms with Crippen LogP contribution in [0, 0.1) is 12.8 Å². The Morgan fingerprint density at radius 1 is 1.31 bits per heavy atom. The van der Waals surface area contributed by atoms with Crippen LogP contribution in [0.4, 0.5) is 5.00 Å². The molecule has 0 spiro atoms. The molecular formula is C20H28N4OS. The molecule has 5 nitrogen and oxygen atoms in total. The van der Waals surface area contributed by atoms with Crippen molar-refractivity contribution >= 4 is 22.4 Å². The lowest BCUT2D eigenvalue weighted by atomic mass is 9.95. The van der Waals surface area contributed by atoms with Crippen molar-refractivity contribution in [2.24, 2.45) is 5.92 Å². The molecular weight excluding hydrogens is 344 g/mol. The first-order valence-electron chi connectivity index (χ1n) is 9.24. The maximum absolute atomic E-state index is 12.7. The Bertz CT molecular complexity index is 771. The highest BCUT2D eigenvalue weighted by Crippen LogP contribution is 2.25. The lowest BCUT2D eigenvalue weighted by Crippen LogP contribution is -2.48. The first kappa shape index (κ1) is 18.9. The van der Waals surface area contributed by atoms with Crippen LogP contribution >= 0.6 is 11.5 Å². The number of anilines is 1. The van der Waals surface area contributed by atoms with E-state index in [1.54, 1.807) is 0 Å². The minimum Gasteiger partial charge on any atom is -0.378 e. The lowest BCUT2D eigenvalue weighted by Gasteiger charge is -2.38. The highest BCUT2D eigenvalue weighted by atomic mass is 32.1. The molecule has 26 heavy (non-hydrogen) atoms. The van der Waals surface area contributed by atoms with Crippen LogP contribution in [-0.2, 0) is 13.0 Å². The highest BCUT2D eigenvalue weighted by molar-refractivity contribution is 7.10. The van der Waals surface area contributed by atoms with Crippen LogP contribution in [0.1, 0.15) is 41.0 Å². The summed E-state index contributed by atoms with van der Waals surface area (Å²) in [5.41, 5.74) is 4.31. The van der Waals surface area contributed by atoms with Crippen LogP contribution in [0.15, 0.2) is 24.3 Å². The second kappa shape index (κ2) is 8.18. The average Bonchev–Trinajstić information content (AvgIpc) is 3.02. The number of aryl methyl sites for hydroxylation is 1. The molecule has 0 bridgehead atoms. The number of aromatic nitrogens is 1. The second-order valence-electron chi connectivity index (χ2n) is 7.23. The summed E-state index contributed by atoms with van der Waals surface area (Å²) in [6.45, 7) is 8.98. The summed E-state index contributed by atoms with van der Waals surface area (Å²) < 4.78 is 4.29. The van der Waals surface area contributed by atoms with Gasteiger partial charge in [0.15, 0.2) is 0 Å². The summed E-state index contributed by atoms with van der Waals surface area (Å²) in [4.78, 5) is 15.2. The van der Waals surface area contributed by atoms with E-state index in [4.69, 9.17) is 0 Å². The number of nitrogens with one attached hydrogen (secondary N) is 2. The Morgan fingerprint density at radius 3 is 2.73 bits per heavy atom. The van der Waals surface area contributed by atoms with Crippen molar-refractivity contribution in [2.75, 3.05) is 25.5 Å². The number of hydrogen-bond donors (Lipinski definition) is 2. The van der Waals surface area contributed by atoms with Gasteiger partial charge in [0.25, 0.3) is 5.91 Å². The van der Waals surface area contributed by atoms with Gasteiger partial charge in [-0.1, -0.05) is 38.1 Å². The van der Waals surface area contributed by atoms with Gasteiger partial charge in [0.1, 0.15) is 5.00 Å². The quantitative estimate of drug-likeness (QED) is 0.817. The van der Waals surface area contributed by atoms with E-state index in [1.807, 2.05) is 14.0 Å². The van der Waals surface area contributed by atoms with Crippen LogP contribution < -0.4 is 10.6 Å². The standard InChI is InChI=1S/C20H28N4OS/c1-13(2)17(24-10-9-15-7-5-6-8-16(15)12-24)11-22-19(25)18-14(3)23-26-20(18)21-4/h5-8,13,17,21H,9-12H2,1-4H3,(H,22,25)/t17-/m1/s1. The molecule has 2 heterocycles. The van der Waals surface area contributed by atoms with Crippen LogP contribution in [-0.4, -0.2) is 41.4 Å². The zero-order valence-corrected chi connectivity index (χ0v) is 16.8. The second-order valence-corrected chi connectivity index (χ2v) is 8.01. The molecule has 140 valence electrons. The Hall–Kier alpha value is -1.92. The first-order chi connectivity index (χ1) is 12.5. The average molecular weight is 373 g/mol. The molecule has 1 amide bonds. The molecule has 0 aliphatic carbocycles. The van der Waals surface area contributed by atoms with Gasteiger partial charge in [0.2, 0.25) is 0 Å². The van der Waals surface area contributed by atoms with Gasteiger partial charge in [-0.25, -0.2) is 0 Å². The maximum atomic E-state index is 12.7. The molecule has 0 saturated carbocycles. The van der Waals surface area contributed by atoms with E-state index < -0.39 is 0 Å². The Morgan fingerprint density at radius 2 is 2.04 bits per heavy atom. The zero-order chi connectivity index (χ0) is 18.7. The topological polar surface area (TPSA) is 57.3 Å². The molecule has 2 aromatic rings. The van der Waals surface area contributed by atoms with Gasteiger partial charge in [0.05, 0.1) is 11.3 Å². The highest BCUT2D eigenvalue weighted by Gasteiger charge is 2.27. The molecule has 0 radical (unpaired) electrons. The van der Waals surface area contributed by atoms with E-state index in [0.29, 0.717) is 24.1 Å². The molecule has 0 unspecified atom stereocenters. The number of benzene rings is 1. The van der Waals surface area contributed by atoms with Crippen molar-refractivity contribution in [3.63, 3.8) is 0 Å². The predicted octanol–water partition coefficient (Wildman–Crippen LogP) is 3.31. The molecule has 1 aliphatic heterocycles. The first-order valence-corrected chi connectivity index (χ1v) is 10.0. The monoisotopic (exact) mass is 372 g/mol. The van der Waals surface area contributed by atoms with Crippen molar-refractivity contribution in [1.82, 2.24) is 14.6 Å². The number of carbonyl (C=O) groups is 1. The number of amides is 1. The number of nitrogens with zero attached hydrogens (tertiary/aromatic N) is 2. The normalized spacial score (nSPS) is 15.6. The fraction of sp³-hybridized carbons (Fsp3) is 0.500. The van der Waals surface area contributed by atoms with Gasteiger partial charge >= 0.3 is 0 Å². The smallest absolute Gasteiger partial charge is 0.256 e. The van der Waals surface area contributed by atoms with E-state index in [2.05, 4.69) is 58.0 Å². The fourth-order valence-corrected chi connectivity index (χ4v) is 4.42. The molecule has 3 rings (SSSR count). The Labute approximate surface area is 160 Å². The molecule has 6 heteroatoms. The minimum absolute atomic E-state index is 0.0383. The van der Waals surface area contributed by atoms with Crippen molar-refractivity contribution in [3.05, 3.63) is 46.6 Å². The molecule has 0 fully saturated rings. The third-order valence-corrected chi connectivity index (χ3v) is 6.14. The predicted molar refractivity (Wildman–Crippen MR) is 108 cm³/mol. The van der Waals surface area contributed by atoms with Crippen molar-refractivity contribution in [3.8, 4) is 0 Å². The van der Waals surface area contributed by atoms with Gasteiger partial charge in [-0.15, -0.1) is 0 Å².